The quantitative estimate of drug-likeness (QED) is 0.0981. The molecular weight excluding hydrogens is 1160 g/mol. The smallest absolute Gasteiger partial charge is 0.188 e. The third-order valence-electron chi connectivity index (χ3n) is 15.3. The Morgan fingerprint density at radius 2 is 0.852 bits per heavy atom. The second-order valence-corrected chi connectivity index (χ2v) is 22.1. The number of methoxy groups -OCH3 is 1. The van der Waals surface area contributed by atoms with Gasteiger partial charge in [0.1, 0.15) is 12.4 Å². The van der Waals surface area contributed by atoms with Crippen molar-refractivity contribution in [3.8, 4) is 5.75 Å². The summed E-state index contributed by atoms with van der Waals surface area (Å²) in [6.45, 7) is 53.8. The summed E-state index contributed by atoms with van der Waals surface area (Å²) < 4.78 is 6.39. The third kappa shape index (κ3) is 38.0. The molecule has 1 aliphatic carbocycles. The van der Waals surface area contributed by atoms with E-state index in [1.807, 2.05) is 132 Å². The Hall–Kier alpha value is -4.81. The molecule has 0 spiro atoms. The minimum Gasteiger partial charge on any atom is -0.496 e. The lowest BCUT2D eigenvalue weighted by Gasteiger charge is -2.22. The Bertz CT molecular complexity index is 2580. The number of aliphatic hydroxyl groups is 1. The van der Waals surface area contributed by atoms with Crippen molar-refractivity contribution in [1.82, 2.24) is 0 Å². The number of carbonyl (C=O) groups excluding carboxylic acids is 2. The molecular formula is C82H132BrClO4. The van der Waals surface area contributed by atoms with E-state index in [0.717, 1.165) is 40.7 Å². The van der Waals surface area contributed by atoms with E-state index in [1.54, 1.807) is 36.8 Å². The van der Waals surface area contributed by atoms with Gasteiger partial charge in [0.15, 0.2) is 11.6 Å². The van der Waals surface area contributed by atoms with Gasteiger partial charge in [-0.25, -0.2) is 0 Å². The number of carbonyl (C=O) groups is 2. The van der Waals surface area contributed by atoms with Crippen molar-refractivity contribution >= 4 is 39.1 Å². The number of fused-ring (bicyclic) bond motifs is 1. The Labute approximate surface area is 558 Å². The van der Waals surface area contributed by atoms with Crippen LogP contribution in [-0.4, -0.2) is 30.4 Å². The van der Waals surface area contributed by atoms with E-state index < -0.39 is 6.61 Å². The zero-order valence-electron chi connectivity index (χ0n) is 61.4. The average Bonchev–Trinajstić information content (AvgIpc) is 3.63. The van der Waals surface area contributed by atoms with Gasteiger partial charge >= 0.3 is 0 Å². The Morgan fingerprint density at radius 1 is 0.477 bits per heavy atom. The Kier molecular flexibility index (Phi) is 62.5. The molecule has 1 aliphatic rings. The van der Waals surface area contributed by atoms with E-state index >= 15 is 0 Å². The summed E-state index contributed by atoms with van der Waals surface area (Å²) >= 11 is 9.22. The monoisotopic (exact) mass is 1290 g/mol. The van der Waals surface area contributed by atoms with Crippen molar-refractivity contribution in [3.63, 3.8) is 0 Å². The van der Waals surface area contributed by atoms with Gasteiger partial charge in [-0.2, -0.15) is 0 Å². The predicted molar refractivity (Wildman–Crippen MR) is 401 cm³/mol. The van der Waals surface area contributed by atoms with Crippen molar-refractivity contribution in [2.24, 2.45) is 0 Å². The van der Waals surface area contributed by atoms with Crippen molar-refractivity contribution < 1.29 is 19.4 Å². The highest BCUT2D eigenvalue weighted by molar-refractivity contribution is 9.10. The number of ketones is 2. The van der Waals surface area contributed by atoms with Crippen molar-refractivity contribution in [2.75, 3.05) is 13.7 Å². The lowest BCUT2D eigenvalue weighted by Crippen LogP contribution is -2.07. The summed E-state index contributed by atoms with van der Waals surface area (Å²) in [7, 11) is 1.71. The third-order valence-corrected chi connectivity index (χ3v) is 16.0. The molecule has 6 aromatic rings. The first-order valence-electron chi connectivity index (χ1n) is 34.4. The lowest BCUT2D eigenvalue weighted by molar-refractivity contribution is 0.0903. The number of halogens is 2. The Morgan fingerprint density at radius 3 is 1.26 bits per heavy atom. The minimum absolute atomic E-state index is 0.144. The topological polar surface area (TPSA) is 63.6 Å². The van der Waals surface area contributed by atoms with E-state index in [1.165, 1.54) is 83.7 Å². The normalized spacial score (nSPS) is 12.2. The molecule has 498 valence electrons. The fourth-order valence-corrected chi connectivity index (χ4v) is 9.20. The molecule has 6 unspecified atom stereocenters. The number of ether oxygens (including phenoxy) is 1. The van der Waals surface area contributed by atoms with Gasteiger partial charge in [0, 0.05) is 20.6 Å². The van der Waals surface area contributed by atoms with Gasteiger partial charge in [-0.1, -0.05) is 285 Å². The maximum atomic E-state index is 11.2. The Balaban J connectivity index is -0.000000303. The standard InChI is InChI=1S/C14H20.C12H16O2.C12H18O.C12H16O.C10H13Br.C10H13Cl.6C2H6/c1-3-11(2)13-10-6-8-12-7-4-5-9-14(12)13;1-3-9(2)10-5-4-6-11(7-10)12(14)8-13;1-5-9(2)11-6-7-12(13-4)10(3)8-11;1-4-9(2)11-6-5-7-12(8-11)10(3)13;1-3-8(2)9-5-4-6-10(11)7-9;1-3-8(2)9-4-6-10(11)7-5-9;6*1-2/h6,8,10-11H,3-5,7,9H2,1-2H3;4-7,9,13H,3,8H2,1-2H3;6-9H,5H2,1-4H3;5-9H,4H2,1-3H3;2*4-8H,3H2,1-2H3;6*1-2H3. The molecule has 0 saturated carbocycles. The highest BCUT2D eigenvalue weighted by Gasteiger charge is 2.16. The zero-order valence-corrected chi connectivity index (χ0v) is 63.7. The van der Waals surface area contributed by atoms with E-state index in [4.69, 9.17) is 21.4 Å². The predicted octanol–water partition coefficient (Wildman–Crippen LogP) is 27.3. The van der Waals surface area contributed by atoms with Crippen LogP contribution in [0.25, 0.3) is 0 Å². The molecule has 7 rings (SSSR count). The van der Waals surface area contributed by atoms with Gasteiger partial charge in [0.25, 0.3) is 0 Å². The summed E-state index contributed by atoms with van der Waals surface area (Å²) in [6, 6.07) is 45.3. The van der Waals surface area contributed by atoms with Crippen LogP contribution in [0.5, 0.6) is 5.75 Å². The summed E-state index contributed by atoms with van der Waals surface area (Å²) in [4.78, 5) is 22.3. The zero-order chi connectivity index (χ0) is 68.7. The number of benzene rings is 6. The summed E-state index contributed by atoms with van der Waals surface area (Å²) in [5.41, 5.74) is 14.2. The van der Waals surface area contributed by atoms with Crippen LogP contribution in [0.15, 0.2) is 138 Å². The molecule has 0 bridgehead atoms. The second kappa shape index (κ2) is 59.8. The maximum absolute atomic E-state index is 11.2. The first-order chi connectivity index (χ1) is 42.3. The number of rotatable bonds is 16. The van der Waals surface area contributed by atoms with E-state index in [2.05, 4.69) is 185 Å². The van der Waals surface area contributed by atoms with Crippen LogP contribution < -0.4 is 4.74 Å². The molecule has 0 aliphatic heterocycles. The number of aliphatic hydroxyl groups excluding tert-OH is 1. The highest BCUT2D eigenvalue weighted by atomic mass is 79.9. The highest BCUT2D eigenvalue weighted by Crippen LogP contribution is 2.31. The average molecular weight is 1300 g/mol. The molecule has 0 saturated heterocycles. The molecule has 6 aromatic carbocycles. The SMILES string of the molecule is CC.CC.CC.CC.CC.CC.CCC(C)c1ccc(Cl)cc1.CCC(C)c1ccc(OC)c(C)c1.CCC(C)c1cccc(Br)c1.CCC(C)c1cccc(C(=O)CO)c1.CCC(C)c1cccc(C(C)=O)c1.CCC(C)c1cccc2c1CCCC2. The van der Waals surface area contributed by atoms with E-state index in [9.17, 15) is 9.59 Å². The van der Waals surface area contributed by atoms with Crippen LogP contribution in [0, 0.1) is 6.92 Å². The second-order valence-electron chi connectivity index (χ2n) is 20.8. The molecule has 4 nitrogen and oxygen atoms in total. The van der Waals surface area contributed by atoms with Crippen molar-refractivity contribution in [2.45, 2.75) is 280 Å². The molecule has 0 heterocycles. The molecule has 0 aromatic heterocycles. The van der Waals surface area contributed by atoms with Crippen LogP contribution in [0.1, 0.15) is 331 Å². The molecule has 88 heavy (non-hydrogen) atoms. The van der Waals surface area contributed by atoms with Gasteiger partial charge in [-0.15, -0.1) is 0 Å². The van der Waals surface area contributed by atoms with Gasteiger partial charge in [0.2, 0.25) is 0 Å². The first kappa shape index (κ1) is 91.9. The molecule has 6 atom stereocenters. The number of Topliss-reactive ketones (excluding diaryl/α,β-unsaturated/α-hetero) is 2. The largest absolute Gasteiger partial charge is 0.496 e. The van der Waals surface area contributed by atoms with Crippen molar-refractivity contribution in [1.29, 1.82) is 0 Å². The molecule has 0 fully saturated rings. The van der Waals surface area contributed by atoms with E-state index in [0.29, 0.717) is 35.2 Å². The number of hydrogen-bond acceptors (Lipinski definition) is 4. The fraction of sp³-hybridized carbons (Fsp3) is 0.537. The van der Waals surface area contributed by atoms with Gasteiger partial charge < -0.3 is 9.84 Å². The van der Waals surface area contributed by atoms with Crippen LogP contribution in [0.2, 0.25) is 5.02 Å². The first-order valence-corrected chi connectivity index (χ1v) is 35.6. The number of aryl methyl sites for hydroxylation is 2. The fourth-order valence-electron chi connectivity index (χ4n) is 8.66. The van der Waals surface area contributed by atoms with Crippen LogP contribution in [0.4, 0.5) is 0 Å². The van der Waals surface area contributed by atoms with Crippen LogP contribution in [-0.2, 0) is 12.8 Å². The van der Waals surface area contributed by atoms with Gasteiger partial charge in [0.05, 0.1) is 7.11 Å². The van der Waals surface area contributed by atoms with Gasteiger partial charge in [-0.3, -0.25) is 9.59 Å². The summed E-state index contributed by atoms with van der Waals surface area (Å²) in [5.74, 6) is 4.61. The minimum atomic E-state index is -0.413. The maximum Gasteiger partial charge on any atom is 0.188 e. The van der Waals surface area contributed by atoms with Gasteiger partial charge in [-0.05, 0) is 206 Å². The molecule has 0 radical (unpaired) electrons. The molecule has 1 N–H and O–H groups in total. The molecule has 0 amide bonds. The summed E-state index contributed by atoms with van der Waals surface area (Å²) in [5, 5.41) is 9.54. The number of hydrogen-bond donors (Lipinski definition) is 1. The van der Waals surface area contributed by atoms with E-state index in [-0.39, 0.29) is 11.6 Å². The van der Waals surface area contributed by atoms with Crippen molar-refractivity contribution in [3.05, 3.63) is 204 Å². The van der Waals surface area contributed by atoms with Crippen LogP contribution >= 0.6 is 27.5 Å². The lowest BCUT2D eigenvalue weighted by atomic mass is 9.83. The molecule has 6 heteroatoms. The summed E-state index contributed by atoms with van der Waals surface area (Å²) in [6.07, 6.45) is 12.4. The van der Waals surface area contributed by atoms with Crippen LogP contribution in [0.3, 0.4) is 0 Å².